The van der Waals surface area contributed by atoms with Crippen LogP contribution >= 0.6 is 0 Å². The quantitative estimate of drug-likeness (QED) is 0.620. The molecule has 0 aliphatic rings. The van der Waals surface area contributed by atoms with E-state index in [0.717, 1.165) is 12.1 Å². The SMILES string of the molecule is Cc1cc(C(=N)N)ccc1N(CC(C)C)C(C)C. The van der Waals surface area contributed by atoms with Crippen LogP contribution in [-0.2, 0) is 0 Å². The molecule has 18 heavy (non-hydrogen) atoms. The van der Waals surface area contributed by atoms with Gasteiger partial charge in [-0.2, -0.15) is 0 Å². The highest BCUT2D eigenvalue weighted by Gasteiger charge is 2.14. The molecule has 3 nitrogen and oxygen atoms in total. The summed E-state index contributed by atoms with van der Waals surface area (Å²) in [5, 5.41) is 7.47. The molecule has 0 spiro atoms. The van der Waals surface area contributed by atoms with Gasteiger partial charge in [0.05, 0.1) is 0 Å². The van der Waals surface area contributed by atoms with Crippen molar-refractivity contribution in [2.75, 3.05) is 11.4 Å². The van der Waals surface area contributed by atoms with Crippen molar-refractivity contribution in [3.8, 4) is 0 Å². The molecule has 100 valence electrons. The molecule has 0 atom stereocenters. The number of nitrogen functional groups attached to an aromatic ring is 1. The van der Waals surface area contributed by atoms with Crippen LogP contribution in [0.3, 0.4) is 0 Å². The zero-order chi connectivity index (χ0) is 13.9. The highest BCUT2D eigenvalue weighted by Crippen LogP contribution is 2.24. The monoisotopic (exact) mass is 247 g/mol. The topological polar surface area (TPSA) is 53.1 Å². The molecule has 0 unspecified atom stereocenters. The van der Waals surface area contributed by atoms with E-state index >= 15 is 0 Å². The first-order valence-corrected chi connectivity index (χ1v) is 6.54. The van der Waals surface area contributed by atoms with Gasteiger partial charge in [-0.05, 0) is 50.5 Å². The van der Waals surface area contributed by atoms with Gasteiger partial charge in [0.25, 0.3) is 0 Å². The molecule has 1 rings (SSSR count). The van der Waals surface area contributed by atoms with Crippen LogP contribution < -0.4 is 10.6 Å². The summed E-state index contributed by atoms with van der Waals surface area (Å²) < 4.78 is 0. The van der Waals surface area contributed by atoms with Gasteiger partial charge in [-0.15, -0.1) is 0 Å². The smallest absolute Gasteiger partial charge is 0.122 e. The van der Waals surface area contributed by atoms with Gasteiger partial charge >= 0.3 is 0 Å². The van der Waals surface area contributed by atoms with Crippen LogP contribution in [0.1, 0.15) is 38.8 Å². The molecule has 0 fully saturated rings. The molecule has 0 aliphatic carbocycles. The van der Waals surface area contributed by atoms with E-state index in [2.05, 4.69) is 45.6 Å². The maximum Gasteiger partial charge on any atom is 0.122 e. The van der Waals surface area contributed by atoms with Crippen LogP contribution in [0, 0.1) is 18.3 Å². The van der Waals surface area contributed by atoms with E-state index in [1.165, 1.54) is 11.3 Å². The Balaban J connectivity index is 3.09. The third-order valence-electron chi connectivity index (χ3n) is 3.00. The lowest BCUT2D eigenvalue weighted by Gasteiger charge is -2.32. The Morgan fingerprint density at radius 2 is 1.89 bits per heavy atom. The maximum absolute atomic E-state index is 7.47. The average molecular weight is 247 g/mol. The first-order valence-electron chi connectivity index (χ1n) is 6.54. The predicted octanol–water partition coefficient (Wildman–Crippen LogP) is 3.15. The first kappa shape index (κ1) is 14.6. The molecule has 3 N–H and O–H groups in total. The Morgan fingerprint density at radius 3 is 2.28 bits per heavy atom. The molecule has 0 bridgehead atoms. The van der Waals surface area contributed by atoms with Crippen molar-refractivity contribution < 1.29 is 0 Å². The standard InChI is InChI=1S/C15H25N3/c1-10(2)9-18(11(3)4)14-7-6-13(15(16)17)8-12(14)5/h6-8,10-11H,9H2,1-5H3,(H3,16,17). The Bertz CT molecular complexity index is 422. The van der Waals surface area contributed by atoms with Crippen LogP contribution in [-0.4, -0.2) is 18.4 Å². The number of amidine groups is 1. The van der Waals surface area contributed by atoms with Crippen molar-refractivity contribution in [2.24, 2.45) is 11.7 Å². The van der Waals surface area contributed by atoms with Gasteiger partial charge in [-0.3, -0.25) is 5.41 Å². The minimum absolute atomic E-state index is 0.129. The van der Waals surface area contributed by atoms with Gasteiger partial charge in [0.2, 0.25) is 0 Å². The van der Waals surface area contributed by atoms with E-state index in [1.807, 2.05) is 12.1 Å². The zero-order valence-electron chi connectivity index (χ0n) is 12.1. The molecular weight excluding hydrogens is 222 g/mol. The van der Waals surface area contributed by atoms with Crippen LogP contribution in [0.15, 0.2) is 18.2 Å². The zero-order valence-corrected chi connectivity index (χ0v) is 12.1. The minimum atomic E-state index is 0.129. The van der Waals surface area contributed by atoms with Crippen LogP contribution in [0.4, 0.5) is 5.69 Å². The normalized spacial score (nSPS) is 11.1. The number of aryl methyl sites for hydroxylation is 1. The molecule has 1 aromatic carbocycles. The molecule has 0 heterocycles. The van der Waals surface area contributed by atoms with E-state index in [1.54, 1.807) is 0 Å². The third kappa shape index (κ3) is 3.49. The minimum Gasteiger partial charge on any atom is -0.384 e. The summed E-state index contributed by atoms with van der Waals surface area (Å²) in [5.74, 6) is 0.754. The molecule has 0 aromatic heterocycles. The van der Waals surface area contributed by atoms with Crippen LogP contribution in [0.25, 0.3) is 0 Å². The van der Waals surface area contributed by atoms with Crippen molar-refractivity contribution in [1.82, 2.24) is 0 Å². The Labute approximate surface area is 111 Å². The van der Waals surface area contributed by atoms with Crippen molar-refractivity contribution in [2.45, 2.75) is 40.7 Å². The van der Waals surface area contributed by atoms with E-state index in [9.17, 15) is 0 Å². The van der Waals surface area contributed by atoms with Crippen molar-refractivity contribution >= 4 is 11.5 Å². The van der Waals surface area contributed by atoms with Crippen LogP contribution in [0.2, 0.25) is 0 Å². The van der Waals surface area contributed by atoms with Gasteiger partial charge in [0.1, 0.15) is 5.84 Å². The summed E-state index contributed by atoms with van der Waals surface area (Å²) in [6.45, 7) is 12.0. The maximum atomic E-state index is 7.47. The summed E-state index contributed by atoms with van der Waals surface area (Å²) in [7, 11) is 0. The summed E-state index contributed by atoms with van der Waals surface area (Å²) in [4.78, 5) is 2.41. The fraction of sp³-hybridized carbons (Fsp3) is 0.533. The molecule has 1 aromatic rings. The summed E-state index contributed by atoms with van der Waals surface area (Å²) in [5.41, 5.74) is 8.73. The van der Waals surface area contributed by atoms with E-state index in [0.29, 0.717) is 12.0 Å². The highest BCUT2D eigenvalue weighted by molar-refractivity contribution is 5.95. The van der Waals surface area contributed by atoms with Crippen molar-refractivity contribution in [3.05, 3.63) is 29.3 Å². The second-order valence-corrected chi connectivity index (χ2v) is 5.55. The molecule has 0 aliphatic heterocycles. The number of hydrogen-bond acceptors (Lipinski definition) is 2. The fourth-order valence-corrected chi connectivity index (χ4v) is 2.13. The number of anilines is 1. The third-order valence-corrected chi connectivity index (χ3v) is 3.00. The van der Waals surface area contributed by atoms with Crippen molar-refractivity contribution in [1.29, 1.82) is 5.41 Å². The predicted molar refractivity (Wildman–Crippen MR) is 79.5 cm³/mol. The number of nitrogens with two attached hydrogens (primary N) is 1. The van der Waals surface area contributed by atoms with Crippen molar-refractivity contribution in [3.63, 3.8) is 0 Å². The van der Waals surface area contributed by atoms with E-state index < -0.39 is 0 Å². The van der Waals surface area contributed by atoms with Gasteiger partial charge in [0, 0.05) is 23.8 Å². The summed E-state index contributed by atoms with van der Waals surface area (Å²) in [6.07, 6.45) is 0. The Morgan fingerprint density at radius 1 is 1.28 bits per heavy atom. The fourth-order valence-electron chi connectivity index (χ4n) is 2.13. The largest absolute Gasteiger partial charge is 0.384 e. The lowest BCUT2D eigenvalue weighted by atomic mass is 10.1. The summed E-state index contributed by atoms with van der Waals surface area (Å²) >= 11 is 0. The molecule has 0 amide bonds. The van der Waals surface area contributed by atoms with E-state index in [-0.39, 0.29) is 5.84 Å². The average Bonchev–Trinajstić information content (AvgIpc) is 2.25. The van der Waals surface area contributed by atoms with Gasteiger partial charge in [-0.1, -0.05) is 13.8 Å². The molecule has 0 radical (unpaired) electrons. The summed E-state index contributed by atoms with van der Waals surface area (Å²) in [6, 6.07) is 6.47. The second-order valence-electron chi connectivity index (χ2n) is 5.55. The van der Waals surface area contributed by atoms with E-state index in [4.69, 9.17) is 11.1 Å². The number of benzene rings is 1. The molecule has 3 heteroatoms. The first-order chi connectivity index (χ1) is 8.32. The molecule has 0 saturated heterocycles. The number of nitrogens with zero attached hydrogens (tertiary/aromatic N) is 1. The van der Waals surface area contributed by atoms with Gasteiger partial charge in [-0.25, -0.2) is 0 Å². The highest BCUT2D eigenvalue weighted by atomic mass is 15.2. The van der Waals surface area contributed by atoms with Gasteiger partial charge < -0.3 is 10.6 Å². The lowest BCUT2D eigenvalue weighted by molar-refractivity contribution is 0.570. The molecule has 0 saturated carbocycles. The van der Waals surface area contributed by atoms with Gasteiger partial charge in [0.15, 0.2) is 0 Å². The molecular formula is C15H25N3. The van der Waals surface area contributed by atoms with Crippen LogP contribution in [0.5, 0.6) is 0 Å². The lowest BCUT2D eigenvalue weighted by Crippen LogP contribution is -2.34. The Kier molecular flexibility index (Phi) is 4.76. The number of hydrogen-bond donors (Lipinski definition) is 2. The second kappa shape index (κ2) is 5.89. The number of nitrogens with one attached hydrogen (secondary N) is 1. The number of rotatable bonds is 5. The Hall–Kier alpha value is -1.51.